The van der Waals surface area contributed by atoms with E-state index in [-0.39, 0.29) is 21.7 Å². The van der Waals surface area contributed by atoms with Crippen molar-refractivity contribution in [3.05, 3.63) is 16.3 Å². The summed E-state index contributed by atoms with van der Waals surface area (Å²) in [4.78, 5) is 3.55. The van der Waals surface area contributed by atoms with Crippen molar-refractivity contribution in [2.75, 3.05) is 0 Å². The fourth-order valence-electron chi connectivity index (χ4n) is 0.231. The Morgan fingerprint density at radius 2 is 2.50 bits per heavy atom. The van der Waals surface area contributed by atoms with Crippen molar-refractivity contribution in [2.45, 2.75) is 0 Å². The molecular formula is C3H4N3STi-. The van der Waals surface area contributed by atoms with Crippen LogP contribution in [-0.2, 0) is 21.7 Å². The van der Waals surface area contributed by atoms with Gasteiger partial charge in [0.2, 0.25) is 0 Å². The van der Waals surface area contributed by atoms with E-state index in [0.717, 1.165) is 0 Å². The Morgan fingerprint density at radius 3 is 2.75 bits per heavy atom. The first-order chi connectivity index (χ1) is 3.39. The van der Waals surface area contributed by atoms with Gasteiger partial charge in [0, 0.05) is 21.7 Å². The Kier molecular flexibility index (Phi) is 4.04. The smallest absolute Gasteiger partial charge is 0.104 e. The first-order valence-electron chi connectivity index (χ1n) is 1.75. The van der Waals surface area contributed by atoms with E-state index in [4.69, 9.17) is 5.73 Å². The van der Waals surface area contributed by atoms with Gasteiger partial charge in [-0.1, -0.05) is 0 Å². The van der Waals surface area contributed by atoms with Crippen LogP contribution in [0.1, 0.15) is 0 Å². The molecule has 0 aromatic heterocycles. The van der Waals surface area contributed by atoms with Crippen molar-refractivity contribution < 1.29 is 21.7 Å². The van der Waals surface area contributed by atoms with Gasteiger partial charge in [-0.2, -0.15) is 0 Å². The minimum absolute atomic E-state index is 0. The number of rotatable bonds is 0. The molecular weight excluding hydrogens is 158 g/mol. The van der Waals surface area contributed by atoms with Crippen molar-refractivity contribution in [1.82, 2.24) is 0 Å². The second kappa shape index (κ2) is 4.00. The van der Waals surface area contributed by atoms with E-state index in [0.29, 0.717) is 5.84 Å². The first-order valence-corrected chi connectivity index (χ1v) is 2.59. The van der Waals surface area contributed by atoms with Gasteiger partial charge in [-0.15, -0.1) is 0 Å². The average Bonchev–Trinajstić information content (AvgIpc) is 1.69. The summed E-state index contributed by atoms with van der Waals surface area (Å²) in [5, 5.41) is 5.31. The summed E-state index contributed by atoms with van der Waals surface area (Å²) >= 11 is 1.28. The van der Waals surface area contributed by atoms with E-state index >= 15 is 0 Å². The quantitative estimate of drug-likeness (QED) is 0.423. The van der Waals surface area contributed by atoms with Crippen molar-refractivity contribution >= 4 is 17.8 Å². The van der Waals surface area contributed by atoms with Crippen molar-refractivity contribution in [2.24, 2.45) is 10.8 Å². The predicted octanol–water partition coefficient (Wildman–Crippen LogP) is 0.805. The molecule has 0 saturated heterocycles. The third-order valence-corrected chi connectivity index (χ3v) is 0.937. The molecule has 0 unspecified atom stereocenters. The Balaban J connectivity index is 0.000000490. The van der Waals surface area contributed by atoms with Gasteiger partial charge >= 0.3 is 0 Å². The third-order valence-electron chi connectivity index (χ3n) is 0.503. The van der Waals surface area contributed by atoms with Crippen LogP contribution >= 0.6 is 11.9 Å². The van der Waals surface area contributed by atoms with Crippen LogP contribution in [0.25, 0.3) is 4.83 Å². The topological polar surface area (TPSA) is 52.5 Å². The van der Waals surface area contributed by atoms with Gasteiger partial charge in [0.25, 0.3) is 0 Å². The minimum Gasteiger partial charge on any atom is -0.543 e. The average molecular weight is 162 g/mol. The summed E-state index contributed by atoms with van der Waals surface area (Å²) in [6.07, 6.45) is 1.71. The van der Waals surface area contributed by atoms with Crippen LogP contribution in [0.2, 0.25) is 0 Å². The Morgan fingerprint density at radius 1 is 1.75 bits per heavy atom. The van der Waals surface area contributed by atoms with Crippen LogP contribution in [-0.4, -0.2) is 5.84 Å². The number of nitrogens with two attached hydrogens (primary N) is 1. The molecule has 42 valence electrons. The molecule has 0 amide bonds. The molecule has 3 nitrogen and oxygen atoms in total. The van der Waals surface area contributed by atoms with E-state index in [9.17, 15) is 0 Å². The molecule has 1 aliphatic heterocycles. The zero-order chi connectivity index (χ0) is 5.11. The molecule has 0 aromatic carbocycles. The minimum atomic E-state index is 0. The van der Waals surface area contributed by atoms with E-state index in [1.807, 2.05) is 0 Å². The summed E-state index contributed by atoms with van der Waals surface area (Å²) in [7, 11) is 0. The van der Waals surface area contributed by atoms with Crippen LogP contribution in [0.3, 0.4) is 0 Å². The molecule has 0 spiro atoms. The van der Waals surface area contributed by atoms with Crippen molar-refractivity contribution in [3.8, 4) is 0 Å². The van der Waals surface area contributed by atoms with Crippen molar-refractivity contribution in [3.63, 3.8) is 0 Å². The Labute approximate surface area is 66.8 Å². The molecule has 0 aliphatic carbocycles. The number of nitrogens with zero attached hydrogens (tertiary/aromatic N) is 2. The maximum atomic E-state index is 5.19. The number of hydrogen-bond donors (Lipinski definition) is 1. The molecule has 1 heterocycles. The maximum absolute atomic E-state index is 5.19. The molecule has 1 aliphatic rings. The SMILES string of the molecule is NC1=N[N-]SC=C1.[Ti]. The molecule has 0 bridgehead atoms. The first kappa shape index (κ1) is 8.07. The summed E-state index contributed by atoms with van der Waals surface area (Å²) in [6, 6.07) is 0. The maximum Gasteiger partial charge on any atom is 0.104 e. The van der Waals surface area contributed by atoms with Crippen LogP contribution in [0.15, 0.2) is 16.6 Å². The molecule has 8 heavy (non-hydrogen) atoms. The van der Waals surface area contributed by atoms with Crippen LogP contribution in [0, 0.1) is 0 Å². The van der Waals surface area contributed by atoms with Gasteiger partial charge < -0.3 is 15.7 Å². The van der Waals surface area contributed by atoms with Crippen molar-refractivity contribution in [1.29, 1.82) is 0 Å². The molecule has 0 aromatic rings. The van der Waals surface area contributed by atoms with Gasteiger partial charge in [-0.25, -0.2) is 11.9 Å². The molecule has 0 radical (unpaired) electrons. The van der Waals surface area contributed by atoms with E-state index in [1.165, 1.54) is 11.9 Å². The van der Waals surface area contributed by atoms with Crippen LogP contribution in [0.5, 0.6) is 0 Å². The van der Waals surface area contributed by atoms with Crippen LogP contribution < -0.4 is 5.73 Å². The molecule has 0 atom stereocenters. The van der Waals surface area contributed by atoms with Gasteiger partial charge in [-0.3, -0.25) is 0 Å². The standard InChI is InChI=1S/C3H4N3S.Ti/c4-3-1-2-7-6-5-3;/h1-2H,(H2,4,5);/q-1;. The molecule has 0 fully saturated rings. The second-order valence-corrected chi connectivity index (χ2v) is 1.66. The van der Waals surface area contributed by atoms with E-state index in [2.05, 4.69) is 9.93 Å². The summed E-state index contributed by atoms with van der Waals surface area (Å²) in [5.41, 5.74) is 5.19. The van der Waals surface area contributed by atoms with Gasteiger partial charge in [0.1, 0.15) is 5.84 Å². The fraction of sp³-hybridized carbons (Fsp3) is 0. The van der Waals surface area contributed by atoms with Gasteiger partial charge in [0.05, 0.1) is 0 Å². The monoisotopic (exact) mass is 162 g/mol. The second-order valence-electron chi connectivity index (χ2n) is 1.01. The Bertz CT molecular complexity index is 122. The zero-order valence-corrected chi connectivity index (χ0v) is 6.41. The summed E-state index contributed by atoms with van der Waals surface area (Å²) in [6.45, 7) is 0. The summed E-state index contributed by atoms with van der Waals surface area (Å²) in [5.74, 6) is 0.471. The fourth-order valence-corrected chi connectivity index (χ4v) is 0.628. The largest absolute Gasteiger partial charge is 0.543 e. The van der Waals surface area contributed by atoms with Crippen LogP contribution in [0.4, 0.5) is 0 Å². The predicted molar refractivity (Wildman–Crippen MR) is 31.7 cm³/mol. The number of hydrogen-bond acceptors (Lipinski definition) is 3. The molecule has 1 rings (SSSR count). The molecule has 2 N–H and O–H groups in total. The Hall–Kier alpha value is 0.0743. The zero-order valence-electron chi connectivity index (χ0n) is 4.03. The normalized spacial score (nSPS) is 15.8. The third kappa shape index (κ3) is 2.40. The van der Waals surface area contributed by atoms with E-state index in [1.54, 1.807) is 11.5 Å². The molecule has 0 saturated carbocycles. The summed E-state index contributed by atoms with van der Waals surface area (Å²) < 4.78 is 0. The number of amidine groups is 1. The van der Waals surface area contributed by atoms with Gasteiger partial charge in [0.15, 0.2) is 0 Å². The van der Waals surface area contributed by atoms with Gasteiger partial charge in [-0.05, 0) is 11.5 Å². The van der Waals surface area contributed by atoms with E-state index < -0.39 is 0 Å². The molecule has 5 heteroatoms.